The van der Waals surface area contributed by atoms with Crippen LogP contribution in [-0.4, -0.2) is 51.4 Å². The highest BCUT2D eigenvalue weighted by molar-refractivity contribution is 8.00. The predicted molar refractivity (Wildman–Crippen MR) is 149 cm³/mol. The summed E-state index contributed by atoms with van der Waals surface area (Å²) < 4.78 is 31.5. The first-order valence-corrected chi connectivity index (χ1v) is 14.2. The number of sulfone groups is 1. The first-order chi connectivity index (χ1) is 17.4. The lowest BCUT2D eigenvalue weighted by Gasteiger charge is -2.42. The SMILES string of the molecule is CN(C(=O)OC(C)(C)C)c1cccc(C(=C2CN(C(c3ccccc3)c3ccccc3)C2)S(C)(=O)=O)c1. The Kier molecular flexibility index (Phi) is 7.57. The molecule has 0 atom stereocenters. The Labute approximate surface area is 220 Å². The smallest absolute Gasteiger partial charge is 0.414 e. The third-order valence-corrected chi connectivity index (χ3v) is 7.50. The lowest BCUT2D eigenvalue weighted by molar-refractivity contribution is 0.0589. The topological polar surface area (TPSA) is 66.9 Å². The second kappa shape index (κ2) is 10.5. The number of benzene rings is 3. The van der Waals surface area contributed by atoms with E-state index in [1.807, 2.05) is 57.2 Å². The fourth-order valence-electron chi connectivity index (χ4n) is 4.63. The summed E-state index contributed by atoms with van der Waals surface area (Å²) in [5.41, 5.74) is 3.68. The standard InChI is InChI=1S/C30H34N2O4S/c1-30(2,3)36-29(33)31(4)26-18-12-17-24(19-26)28(37(5,34)35)25-20-32(21-25)27(22-13-8-6-9-14-22)23-15-10-7-11-16-23/h6-19,27H,20-21H2,1-5H3. The van der Waals surface area contributed by atoms with E-state index in [4.69, 9.17) is 4.74 Å². The number of likely N-dealkylation sites (tertiary alicyclic amines) is 1. The van der Waals surface area contributed by atoms with Crippen molar-refractivity contribution < 1.29 is 17.9 Å². The van der Waals surface area contributed by atoms with E-state index >= 15 is 0 Å². The number of carbonyl (C=O) groups is 1. The van der Waals surface area contributed by atoms with Gasteiger partial charge in [0.2, 0.25) is 0 Å². The summed E-state index contributed by atoms with van der Waals surface area (Å²) >= 11 is 0. The summed E-state index contributed by atoms with van der Waals surface area (Å²) in [4.78, 5) is 16.6. The zero-order valence-electron chi connectivity index (χ0n) is 22.0. The van der Waals surface area contributed by atoms with E-state index in [2.05, 4.69) is 29.2 Å². The van der Waals surface area contributed by atoms with E-state index in [1.165, 1.54) is 11.2 Å². The van der Waals surface area contributed by atoms with Gasteiger partial charge < -0.3 is 4.74 Å². The summed E-state index contributed by atoms with van der Waals surface area (Å²) in [6.07, 6.45) is 0.746. The van der Waals surface area contributed by atoms with Crippen LogP contribution in [0.25, 0.3) is 4.91 Å². The Bertz CT molecular complexity index is 1350. The van der Waals surface area contributed by atoms with E-state index in [9.17, 15) is 13.2 Å². The Morgan fingerprint density at radius 1 is 0.892 bits per heavy atom. The minimum absolute atomic E-state index is 0.0246. The van der Waals surface area contributed by atoms with Gasteiger partial charge in [0, 0.05) is 32.1 Å². The van der Waals surface area contributed by atoms with Gasteiger partial charge in [0.1, 0.15) is 5.60 Å². The molecule has 1 aliphatic heterocycles. The van der Waals surface area contributed by atoms with Gasteiger partial charge in [-0.25, -0.2) is 13.2 Å². The van der Waals surface area contributed by atoms with Crippen LogP contribution in [0.5, 0.6) is 0 Å². The predicted octanol–water partition coefficient (Wildman–Crippen LogP) is 5.92. The van der Waals surface area contributed by atoms with Crippen molar-refractivity contribution in [1.29, 1.82) is 0 Å². The van der Waals surface area contributed by atoms with E-state index in [-0.39, 0.29) is 6.04 Å². The molecule has 6 nitrogen and oxygen atoms in total. The maximum Gasteiger partial charge on any atom is 0.414 e. The third-order valence-electron chi connectivity index (χ3n) is 6.24. The molecule has 194 valence electrons. The lowest BCUT2D eigenvalue weighted by atomic mass is 9.92. The van der Waals surface area contributed by atoms with Crippen LogP contribution >= 0.6 is 0 Å². The van der Waals surface area contributed by atoms with Gasteiger partial charge >= 0.3 is 6.09 Å². The first-order valence-electron chi connectivity index (χ1n) is 12.3. The van der Waals surface area contributed by atoms with Gasteiger partial charge in [-0.1, -0.05) is 72.8 Å². The molecule has 37 heavy (non-hydrogen) atoms. The maximum atomic E-state index is 13.0. The second-order valence-electron chi connectivity index (χ2n) is 10.4. The lowest BCUT2D eigenvalue weighted by Crippen LogP contribution is -2.44. The quantitative estimate of drug-likeness (QED) is 0.405. The van der Waals surface area contributed by atoms with Crippen LogP contribution in [0.3, 0.4) is 0 Å². The van der Waals surface area contributed by atoms with Crippen LogP contribution in [0, 0.1) is 0 Å². The van der Waals surface area contributed by atoms with Crippen LogP contribution in [0.2, 0.25) is 0 Å². The normalized spacial score (nSPS) is 14.3. The Morgan fingerprint density at radius 2 is 1.43 bits per heavy atom. The zero-order valence-corrected chi connectivity index (χ0v) is 22.8. The molecule has 0 radical (unpaired) electrons. The van der Waals surface area contributed by atoms with Gasteiger partial charge in [-0.3, -0.25) is 9.80 Å². The van der Waals surface area contributed by atoms with Gasteiger partial charge in [-0.15, -0.1) is 0 Å². The highest BCUT2D eigenvalue weighted by Crippen LogP contribution is 2.38. The highest BCUT2D eigenvalue weighted by atomic mass is 32.2. The molecule has 1 saturated heterocycles. The summed E-state index contributed by atoms with van der Waals surface area (Å²) in [6, 6.07) is 27.6. The summed E-state index contributed by atoms with van der Waals surface area (Å²) in [5.74, 6) is 0. The van der Waals surface area contributed by atoms with Crippen molar-refractivity contribution in [2.45, 2.75) is 32.4 Å². The molecule has 0 bridgehead atoms. The molecule has 0 unspecified atom stereocenters. The van der Waals surface area contributed by atoms with E-state index in [1.54, 1.807) is 31.3 Å². The van der Waals surface area contributed by atoms with Gasteiger partial charge in [0.25, 0.3) is 0 Å². The van der Waals surface area contributed by atoms with E-state index in [0.717, 1.165) is 16.7 Å². The number of hydrogen-bond donors (Lipinski definition) is 0. The average Bonchev–Trinajstić information content (AvgIpc) is 2.81. The van der Waals surface area contributed by atoms with Crippen LogP contribution in [0.15, 0.2) is 90.5 Å². The number of carbonyl (C=O) groups excluding carboxylic acids is 1. The molecule has 3 aromatic rings. The van der Waals surface area contributed by atoms with Crippen molar-refractivity contribution in [3.05, 3.63) is 107 Å². The molecule has 1 aliphatic rings. The molecule has 0 aliphatic carbocycles. The molecular formula is C30H34N2O4S. The van der Waals surface area contributed by atoms with Gasteiger partial charge in [0.15, 0.2) is 9.84 Å². The second-order valence-corrected chi connectivity index (χ2v) is 12.4. The molecule has 0 aromatic heterocycles. The minimum Gasteiger partial charge on any atom is -0.443 e. The number of anilines is 1. The number of rotatable bonds is 6. The van der Waals surface area contributed by atoms with Crippen molar-refractivity contribution >= 4 is 26.5 Å². The number of ether oxygens (including phenoxy) is 1. The maximum absolute atomic E-state index is 13.0. The van der Waals surface area contributed by atoms with Crippen molar-refractivity contribution in [2.75, 3.05) is 31.3 Å². The fourth-order valence-corrected chi connectivity index (χ4v) is 5.84. The van der Waals surface area contributed by atoms with Crippen LogP contribution in [-0.2, 0) is 14.6 Å². The molecule has 3 aromatic carbocycles. The molecule has 0 saturated carbocycles. The van der Waals surface area contributed by atoms with Crippen molar-refractivity contribution in [3.8, 4) is 0 Å². The summed E-state index contributed by atoms with van der Waals surface area (Å²) in [5, 5.41) is 0. The number of nitrogens with zero attached hydrogens (tertiary/aromatic N) is 2. The first kappa shape index (κ1) is 26.6. The van der Waals surface area contributed by atoms with Crippen LogP contribution < -0.4 is 4.90 Å². The molecule has 1 fully saturated rings. The summed E-state index contributed by atoms with van der Waals surface area (Å²) in [6.45, 7) is 6.48. The van der Waals surface area contributed by atoms with E-state index < -0.39 is 21.5 Å². The Balaban J connectivity index is 1.66. The van der Waals surface area contributed by atoms with Gasteiger partial charge in [-0.2, -0.15) is 0 Å². The molecule has 1 heterocycles. The average molecular weight is 519 g/mol. The number of amides is 1. The molecule has 4 rings (SSSR count). The van der Waals surface area contributed by atoms with Crippen molar-refractivity contribution in [1.82, 2.24) is 4.90 Å². The highest BCUT2D eigenvalue weighted by Gasteiger charge is 2.34. The summed E-state index contributed by atoms with van der Waals surface area (Å²) in [7, 11) is -1.91. The number of hydrogen-bond acceptors (Lipinski definition) is 5. The van der Waals surface area contributed by atoms with Crippen molar-refractivity contribution in [2.24, 2.45) is 0 Å². The molecule has 0 spiro atoms. The van der Waals surface area contributed by atoms with E-state index in [0.29, 0.717) is 29.2 Å². The minimum atomic E-state index is -3.53. The van der Waals surface area contributed by atoms with Gasteiger partial charge in [-0.05, 0) is 55.2 Å². The molecule has 0 N–H and O–H groups in total. The molecule has 1 amide bonds. The van der Waals surface area contributed by atoms with Crippen LogP contribution in [0.4, 0.5) is 10.5 Å². The van der Waals surface area contributed by atoms with Crippen molar-refractivity contribution in [3.63, 3.8) is 0 Å². The fraction of sp³-hybridized carbons (Fsp3) is 0.300. The molecular weight excluding hydrogens is 484 g/mol. The van der Waals surface area contributed by atoms with Gasteiger partial charge in [0.05, 0.1) is 10.9 Å². The Morgan fingerprint density at radius 3 is 1.92 bits per heavy atom. The van der Waals surface area contributed by atoms with Crippen LogP contribution in [0.1, 0.15) is 43.5 Å². The molecule has 7 heteroatoms. The third kappa shape index (κ3) is 6.29. The largest absolute Gasteiger partial charge is 0.443 e. The zero-order chi connectivity index (χ0) is 26.8. The monoisotopic (exact) mass is 518 g/mol. The Hall–Kier alpha value is -3.42.